The molecule has 1 unspecified atom stereocenters. The van der Waals surface area contributed by atoms with Crippen molar-refractivity contribution < 1.29 is 9.53 Å². The second kappa shape index (κ2) is 5.80. The number of anilines is 1. The molecular weight excluding hydrogens is 264 g/mol. The van der Waals surface area contributed by atoms with E-state index in [0.29, 0.717) is 23.8 Å². The quantitative estimate of drug-likeness (QED) is 0.893. The highest BCUT2D eigenvalue weighted by molar-refractivity contribution is 6.31. The number of benzene rings is 1. The molecule has 2 N–H and O–H groups in total. The fourth-order valence-electron chi connectivity index (χ4n) is 2.16. The van der Waals surface area contributed by atoms with Crippen LogP contribution in [0.1, 0.15) is 30.6 Å². The highest BCUT2D eigenvalue weighted by Gasteiger charge is 2.32. The highest BCUT2D eigenvalue weighted by Crippen LogP contribution is 2.23. The Bertz CT molecular complexity index is 471. The number of halogens is 1. The van der Waals surface area contributed by atoms with E-state index in [1.165, 1.54) is 0 Å². The van der Waals surface area contributed by atoms with Crippen LogP contribution in [0.15, 0.2) is 18.2 Å². The van der Waals surface area contributed by atoms with Gasteiger partial charge in [0.1, 0.15) is 0 Å². The lowest BCUT2D eigenvalue weighted by Gasteiger charge is -2.24. The monoisotopic (exact) mass is 282 g/mol. The van der Waals surface area contributed by atoms with Crippen LogP contribution >= 0.6 is 11.6 Å². The third-order valence-corrected chi connectivity index (χ3v) is 3.46. The van der Waals surface area contributed by atoms with Crippen LogP contribution in [0.25, 0.3) is 0 Å². The molecule has 19 heavy (non-hydrogen) atoms. The number of hydrogen-bond acceptors (Lipinski definition) is 3. The van der Waals surface area contributed by atoms with Gasteiger partial charge in [-0.15, -0.1) is 0 Å². The maximum atomic E-state index is 12.4. The number of carbonyl (C=O) groups excluding carboxylic acids is 1. The maximum absolute atomic E-state index is 12.4. The summed E-state index contributed by atoms with van der Waals surface area (Å²) in [4.78, 5) is 12.4. The molecule has 0 spiro atoms. The summed E-state index contributed by atoms with van der Waals surface area (Å²) in [6, 6.07) is 5.29. The smallest absolute Gasteiger partial charge is 0.253 e. The lowest BCUT2D eigenvalue weighted by Crippen LogP contribution is -2.46. The first-order valence-electron chi connectivity index (χ1n) is 6.48. The Morgan fingerprint density at radius 3 is 2.95 bits per heavy atom. The number of rotatable bonds is 4. The molecule has 1 amide bonds. The van der Waals surface area contributed by atoms with Gasteiger partial charge in [-0.1, -0.05) is 11.6 Å². The van der Waals surface area contributed by atoms with Crippen LogP contribution in [0.5, 0.6) is 0 Å². The summed E-state index contributed by atoms with van der Waals surface area (Å²) in [6.45, 7) is 5.97. The molecule has 1 aromatic rings. The first-order chi connectivity index (χ1) is 9.04. The van der Waals surface area contributed by atoms with E-state index in [9.17, 15) is 4.79 Å². The van der Waals surface area contributed by atoms with Crippen molar-refractivity contribution in [2.45, 2.75) is 25.8 Å². The van der Waals surface area contributed by atoms with Gasteiger partial charge in [-0.05, 0) is 38.5 Å². The van der Waals surface area contributed by atoms with Crippen LogP contribution in [0.2, 0.25) is 5.02 Å². The number of carbonyl (C=O) groups is 1. The summed E-state index contributed by atoms with van der Waals surface area (Å²) in [5.41, 5.74) is 1.08. The minimum absolute atomic E-state index is 0.119. The average molecular weight is 283 g/mol. The van der Waals surface area contributed by atoms with Gasteiger partial charge in [0.2, 0.25) is 0 Å². The summed E-state index contributed by atoms with van der Waals surface area (Å²) in [5.74, 6) is -0.119. The summed E-state index contributed by atoms with van der Waals surface area (Å²) < 4.78 is 5.34. The van der Waals surface area contributed by atoms with E-state index < -0.39 is 0 Å². The average Bonchev–Trinajstić information content (AvgIpc) is 2.78. The molecule has 5 heteroatoms. The van der Waals surface area contributed by atoms with Crippen LogP contribution in [0.3, 0.4) is 0 Å². The molecule has 1 aliphatic heterocycles. The number of hydrogen-bond donors (Lipinski definition) is 2. The third-order valence-electron chi connectivity index (χ3n) is 3.23. The Morgan fingerprint density at radius 1 is 1.53 bits per heavy atom. The number of ether oxygens (including phenoxy) is 1. The van der Waals surface area contributed by atoms with Crippen molar-refractivity contribution in [1.29, 1.82) is 0 Å². The lowest BCUT2D eigenvalue weighted by molar-refractivity contribution is 0.0890. The van der Waals surface area contributed by atoms with Crippen molar-refractivity contribution in [2.75, 3.05) is 25.1 Å². The molecule has 1 heterocycles. The Labute approximate surface area is 118 Å². The summed E-state index contributed by atoms with van der Waals surface area (Å²) in [5, 5.41) is 6.76. The van der Waals surface area contributed by atoms with Crippen molar-refractivity contribution in [3.05, 3.63) is 28.8 Å². The van der Waals surface area contributed by atoms with E-state index in [4.69, 9.17) is 16.3 Å². The molecule has 4 nitrogen and oxygen atoms in total. The van der Waals surface area contributed by atoms with Crippen LogP contribution in [0, 0.1) is 0 Å². The fourth-order valence-corrected chi connectivity index (χ4v) is 2.33. The topological polar surface area (TPSA) is 50.4 Å². The van der Waals surface area contributed by atoms with Gasteiger partial charge in [0, 0.05) is 23.9 Å². The van der Waals surface area contributed by atoms with E-state index in [1.54, 1.807) is 12.1 Å². The standard InChI is InChI=1S/C14H19ClN2O2/c1-3-16-12-5-4-10(15)8-11(12)13(18)17-14(2)6-7-19-9-14/h4-5,8,16H,3,6-7,9H2,1-2H3,(H,17,18). The molecule has 104 valence electrons. The highest BCUT2D eigenvalue weighted by atomic mass is 35.5. The molecule has 1 fully saturated rings. The number of nitrogens with one attached hydrogen (secondary N) is 2. The Morgan fingerprint density at radius 2 is 2.32 bits per heavy atom. The van der Waals surface area contributed by atoms with Crippen molar-refractivity contribution >= 4 is 23.2 Å². The summed E-state index contributed by atoms with van der Waals surface area (Å²) in [7, 11) is 0. The molecule has 2 rings (SSSR count). The Hall–Kier alpha value is -1.26. The molecule has 1 aromatic carbocycles. The minimum atomic E-state index is -0.289. The third kappa shape index (κ3) is 3.39. The molecule has 0 bridgehead atoms. The van der Waals surface area contributed by atoms with E-state index in [2.05, 4.69) is 10.6 Å². The summed E-state index contributed by atoms with van der Waals surface area (Å²) >= 11 is 5.98. The minimum Gasteiger partial charge on any atom is -0.385 e. The van der Waals surface area contributed by atoms with Gasteiger partial charge < -0.3 is 15.4 Å². The summed E-state index contributed by atoms with van der Waals surface area (Å²) in [6.07, 6.45) is 0.829. The van der Waals surface area contributed by atoms with Crippen molar-refractivity contribution in [3.63, 3.8) is 0 Å². The molecule has 1 atom stereocenters. The zero-order chi connectivity index (χ0) is 13.9. The predicted molar refractivity (Wildman–Crippen MR) is 76.9 cm³/mol. The second-order valence-electron chi connectivity index (χ2n) is 5.04. The van der Waals surface area contributed by atoms with Crippen LogP contribution in [0.4, 0.5) is 5.69 Å². The predicted octanol–water partition coefficient (Wildman–Crippen LogP) is 2.68. The van der Waals surface area contributed by atoms with E-state index in [-0.39, 0.29) is 11.4 Å². The van der Waals surface area contributed by atoms with Gasteiger partial charge in [-0.3, -0.25) is 4.79 Å². The first kappa shape index (κ1) is 14.2. The molecule has 0 radical (unpaired) electrons. The van der Waals surface area contributed by atoms with Crippen molar-refractivity contribution in [3.8, 4) is 0 Å². The van der Waals surface area contributed by atoms with E-state index in [1.807, 2.05) is 19.9 Å². The zero-order valence-electron chi connectivity index (χ0n) is 11.3. The normalized spacial score (nSPS) is 22.3. The van der Waals surface area contributed by atoms with Crippen LogP contribution in [-0.2, 0) is 4.74 Å². The van der Waals surface area contributed by atoms with Gasteiger partial charge in [-0.2, -0.15) is 0 Å². The Kier molecular flexibility index (Phi) is 4.32. The Balaban J connectivity index is 2.19. The first-order valence-corrected chi connectivity index (χ1v) is 6.85. The molecule has 0 aliphatic carbocycles. The van der Waals surface area contributed by atoms with E-state index in [0.717, 1.165) is 18.7 Å². The maximum Gasteiger partial charge on any atom is 0.253 e. The molecule has 0 aromatic heterocycles. The second-order valence-corrected chi connectivity index (χ2v) is 5.47. The van der Waals surface area contributed by atoms with Gasteiger partial charge in [-0.25, -0.2) is 0 Å². The number of amides is 1. The van der Waals surface area contributed by atoms with Gasteiger partial charge >= 0.3 is 0 Å². The van der Waals surface area contributed by atoms with Crippen molar-refractivity contribution in [2.24, 2.45) is 0 Å². The molecule has 0 saturated carbocycles. The van der Waals surface area contributed by atoms with Gasteiger partial charge in [0.15, 0.2) is 0 Å². The van der Waals surface area contributed by atoms with E-state index >= 15 is 0 Å². The van der Waals surface area contributed by atoms with Crippen LogP contribution in [-0.4, -0.2) is 31.2 Å². The van der Waals surface area contributed by atoms with Crippen molar-refractivity contribution in [1.82, 2.24) is 5.32 Å². The largest absolute Gasteiger partial charge is 0.385 e. The lowest BCUT2D eigenvalue weighted by atomic mass is 10.0. The molecular formula is C14H19ClN2O2. The zero-order valence-corrected chi connectivity index (χ0v) is 12.0. The fraction of sp³-hybridized carbons (Fsp3) is 0.500. The molecule has 1 aliphatic rings. The van der Waals surface area contributed by atoms with Crippen LogP contribution < -0.4 is 10.6 Å². The van der Waals surface area contributed by atoms with Gasteiger partial charge in [0.25, 0.3) is 5.91 Å². The SMILES string of the molecule is CCNc1ccc(Cl)cc1C(=O)NC1(C)CCOC1. The molecule has 1 saturated heterocycles. The van der Waals surface area contributed by atoms with Gasteiger partial charge in [0.05, 0.1) is 17.7 Å².